The molecule has 36 heavy (non-hydrogen) atoms. The number of amides is 1. The van der Waals surface area contributed by atoms with Gasteiger partial charge in [-0.05, 0) is 47.9 Å². The van der Waals surface area contributed by atoms with Crippen molar-refractivity contribution in [3.05, 3.63) is 120 Å². The third kappa shape index (κ3) is 5.29. The van der Waals surface area contributed by atoms with Crippen LogP contribution >= 0.6 is 0 Å². The van der Waals surface area contributed by atoms with Crippen LogP contribution in [0, 0.1) is 6.92 Å². The van der Waals surface area contributed by atoms with E-state index in [-0.39, 0.29) is 41.4 Å². The summed E-state index contributed by atoms with van der Waals surface area (Å²) in [6, 6.07) is 31.5. The monoisotopic (exact) mass is 505 g/mol. The average molecular weight is 506 g/mol. The van der Waals surface area contributed by atoms with Crippen LogP contribution in [-0.2, 0) is 16.6 Å². The summed E-state index contributed by atoms with van der Waals surface area (Å²) in [5.74, 6) is 0.0228. The van der Waals surface area contributed by atoms with Gasteiger partial charge in [-0.1, -0.05) is 78.9 Å². The van der Waals surface area contributed by atoms with Gasteiger partial charge in [0.15, 0.2) is 0 Å². The fraction of sp³-hybridized carbons (Fsp3) is 0.0714. The Hall–Kier alpha value is -3.23. The van der Waals surface area contributed by atoms with Gasteiger partial charge in [0.05, 0.1) is 16.0 Å². The first-order valence-electron chi connectivity index (χ1n) is 11.1. The van der Waals surface area contributed by atoms with Gasteiger partial charge in [-0.3, -0.25) is 4.79 Å². The van der Waals surface area contributed by atoms with E-state index in [1.54, 1.807) is 30.3 Å². The van der Waals surface area contributed by atoms with Crippen molar-refractivity contribution in [2.24, 2.45) is 0 Å². The molecule has 0 radical (unpaired) electrons. The van der Waals surface area contributed by atoms with Crippen LogP contribution in [0.3, 0.4) is 0 Å². The standard InChI is InChI=1S/C28H23N3O3S.Na.H/c1-20-29-27-25(28(32)30-35(33,34)24-11-6-3-7-12-24)13-8-14-26(27)31(20)19-21-15-17-23(18-16-21)22-9-4-2-5-10-22;;/h2-18H,19H2,1H3,(H,30,32);;/q;+1;-1. The third-order valence-corrected chi connectivity index (χ3v) is 7.24. The predicted molar refractivity (Wildman–Crippen MR) is 138 cm³/mol. The zero-order chi connectivity index (χ0) is 24.4. The number of carbonyl (C=O) groups excluding carboxylic acids is 1. The molecule has 0 aliphatic carbocycles. The van der Waals surface area contributed by atoms with Crippen molar-refractivity contribution in [1.82, 2.24) is 14.3 Å². The second kappa shape index (κ2) is 10.8. The molecule has 0 bridgehead atoms. The SMILES string of the molecule is Cc1nc2c(C(=O)NS(=O)(=O)c3ccccc3)cccc2n1Cc1ccc(-c2ccccc2)cc1.[H-].[Na+]. The maximum absolute atomic E-state index is 13.0. The van der Waals surface area contributed by atoms with Gasteiger partial charge in [-0.2, -0.15) is 0 Å². The van der Waals surface area contributed by atoms with Crippen LogP contribution in [0.15, 0.2) is 108 Å². The Balaban J connectivity index is 0.00000190. The van der Waals surface area contributed by atoms with E-state index < -0.39 is 15.9 Å². The van der Waals surface area contributed by atoms with Crippen molar-refractivity contribution >= 4 is 27.0 Å². The van der Waals surface area contributed by atoms with E-state index in [0.29, 0.717) is 12.1 Å². The van der Waals surface area contributed by atoms with Crippen molar-refractivity contribution in [2.45, 2.75) is 18.4 Å². The number of nitrogens with zero attached hydrogens (tertiary/aromatic N) is 2. The number of fused-ring (bicyclic) bond motifs is 1. The summed E-state index contributed by atoms with van der Waals surface area (Å²) in [7, 11) is -3.99. The van der Waals surface area contributed by atoms with Gasteiger partial charge in [0, 0.05) is 6.54 Å². The first kappa shape index (κ1) is 25.9. The van der Waals surface area contributed by atoms with Crippen molar-refractivity contribution in [3.63, 3.8) is 0 Å². The van der Waals surface area contributed by atoms with E-state index in [0.717, 1.165) is 28.0 Å². The normalized spacial score (nSPS) is 11.1. The number of imidazole rings is 1. The Morgan fingerprint density at radius 3 is 2.11 bits per heavy atom. The van der Waals surface area contributed by atoms with Gasteiger partial charge < -0.3 is 5.99 Å². The van der Waals surface area contributed by atoms with Crippen LogP contribution < -0.4 is 34.3 Å². The summed E-state index contributed by atoms with van der Waals surface area (Å²) >= 11 is 0. The molecule has 0 spiro atoms. The van der Waals surface area contributed by atoms with Crippen LogP contribution in [0.5, 0.6) is 0 Å². The molecule has 5 aromatic rings. The predicted octanol–water partition coefficient (Wildman–Crippen LogP) is 2.30. The fourth-order valence-corrected chi connectivity index (χ4v) is 5.08. The van der Waals surface area contributed by atoms with Crippen molar-refractivity contribution < 1.29 is 44.2 Å². The summed E-state index contributed by atoms with van der Waals surface area (Å²) in [5.41, 5.74) is 4.83. The molecule has 0 fully saturated rings. The van der Waals surface area contributed by atoms with E-state index in [1.807, 2.05) is 35.8 Å². The Kier molecular flexibility index (Phi) is 7.76. The van der Waals surface area contributed by atoms with E-state index in [4.69, 9.17) is 0 Å². The molecule has 0 saturated carbocycles. The average Bonchev–Trinajstić information content (AvgIpc) is 3.20. The summed E-state index contributed by atoms with van der Waals surface area (Å²) < 4.78 is 29.5. The van der Waals surface area contributed by atoms with Crippen molar-refractivity contribution in [2.75, 3.05) is 0 Å². The molecule has 1 N–H and O–H groups in total. The first-order valence-corrected chi connectivity index (χ1v) is 12.6. The van der Waals surface area contributed by atoms with E-state index in [1.165, 1.54) is 12.1 Å². The van der Waals surface area contributed by atoms with Gasteiger partial charge in [0.1, 0.15) is 11.3 Å². The Morgan fingerprint density at radius 2 is 1.44 bits per heavy atom. The summed E-state index contributed by atoms with van der Waals surface area (Å²) in [6.07, 6.45) is 0. The summed E-state index contributed by atoms with van der Waals surface area (Å²) in [5, 5.41) is 0. The fourth-order valence-electron chi connectivity index (χ4n) is 4.10. The minimum Gasteiger partial charge on any atom is -1.00 e. The maximum atomic E-state index is 13.0. The molecule has 0 unspecified atom stereocenters. The number of para-hydroxylation sites is 1. The Labute approximate surface area is 233 Å². The largest absolute Gasteiger partial charge is 1.00 e. The zero-order valence-corrected chi connectivity index (χ0v) is 22.9. The quantitative estimate of drug-likeness (QED) is 0.359. The van der Waals surface area contributed by atoms with Gasteiger partial charge in [0.25, 0.3) is 15.9 Å². The van der Waals surface area contributed by atoms with Gasteiger partial charge in [-0.15, -0.1) is 0 Å². The van der Waals surface area contributed by atoms with Crippen LogP contribution in [0.25, 0.3) is 22.2 Å². The van der Waals surface area contributed by atoms with Gasteiger partial charge >= 0.3 is 29.6 Å². The minimum absolute atomic E-state index is 0. The molecule has 0 aliphatic heterocycles. The molecule has 1 aromatic heterocycles. The number of aromatic nitrogens is 2. The summed E-state index contributed by atoms with van der Waals surface area (Å²) in [6.45, 7) is 2.45. The van der Waals surface area contributed by atoms with Crippen molar-refractivity contribution in [3.8, 4) is 11.1 Å². The van der Waals surface area contributed by atoms with E-state index in [9.17, 15) is 13.2 Å². The molecular weight excluding hydrogens is 481 g/mol. The number of nitrogens with one attached hydrogen (secondary N) is 1. The molecule has 1 amide bonds. The number of hydrogen-bond acceptors (Lipinski definition) is 4. The molecule has 0 saturated heterocycles. The topological polar surface area (TPSA) is 81.1 Å². The van der Waals surface area contributed by atoms with Crippen LogP contribution in [0.4, 0.5) is 0 Å². The number of benzene rings is 4. The van der Waals surface area contributed by atoms with Crippen LogP contribution in [0.1, 0.15) is 23.2 Å². The Bertz CT molecular complexity index is 1620. The number of rotatable bonds is 6. The van der Waals surface area contributed by atoms with Crippen LogP contribution in [0.2, 0.25) is 0 Å². The van der Waals surface area contributed by atoms with Gasteiger partial charge in [-0.25, -0.2) is 18.1 Å². The molecule has 1 heterocycles. The number of carbonyl (C=O) groups is 1. The first-order chi connectivity index (χ1) is 16.9. The number of hydrogen-bond donors (Lipinski definition) is 1. The number of aryl methyl sites for hydroxylation is 1. The molecule has 0 aliphatic rings. The van der Waals surface area contributed by atoms with Crippen molar-refractivity contribution in [1.29, 1.82) is 0 Å². The maximum Gasteiger partial charge on any atom is 1.00 e. The molecule has 6 nitrogen and oxygen atoms in total. The summed E-state index contributed by atoms with van der Waals surface area (Å²) in [4.78, 5) is 17.6. The molecule has 5 rings (SSSR count). The molecule has 0 atom stereocenters. The molecular formula is C28H24N3NaO3S. The minimum atomic E-state index is -3.99. The molecule has 4 aromatic carbocycles. The van der Waals surface area contributed by atoms with E-state index in [2.05, 4.69) is 46.1 Å². The van der Waals surface area contributed by atoms with E-state index >= 15 is 0 Å². The van der Waals surface area contributed by atoms with Gasteiger partial charge in [0.2, 0.25) is 0 Å². The Morgan fingerprint density at radius 1 is 0.833 bits per heavy atom. The number of sulfonamides is 1. The molecule has 176 valence electrons. The zero-order valence-electron chi connectivity index (χ0n) is 21.0. The third-order valence-electron chi connectivity index (χ3n) is 5.90. The second-order valence-corrected chi connectivity index (χ2v) is 9.91. The smallest absolute Gasteiger partial charge is 1.00 e. The van der Waals surface area contributed by atoms with Crippen LogP contribution in [-0.4, -0.2) is 23.9 Å². The molecule has 8 heteroatoms. The second-order valence-electron chi connectivity index (χ2n) is 8.23.